The van der Waals surface area contributed by atoms with E-state index in [1.54, 1.807) is 32.4 Å². The predicted octanol–water partition coefficient (Wildman–Crippen LogP) is 3.92. The topological polar surface area (TPSA) is 58.6 Å². The van der Waals surface area contributed by atoms with Gasteiger partial charge in [-0.2, -0.15) is 0 Å². The molecule has 27 heavy (non-hydrogen) atoms. The maximum absolute atomic E-state index is 13.0. The van der Waals surface area contributed by atoms with Crippen LogP contribution in [0, 0.1) is 5.82 Å². The van der Waals surface area contributed by atoms with Crippen molar-refractivity contribution in [1.29, 1.82) is 0 Å². The van der Waals surface area contributed by atoms with Gasteiger partial charge in [-0.1, -0.05) is 23.2 Å². The minimum Gasteiger partial charge on any atom is -0.496 e. The van der Waals surface area contributed by atoms with Crippen LogP contribution in [0.1, 0.15) is 22.3 Å². The molecule has 0 aliphatic carbocycles. The molecule has 0 aliphatic rings. The Morgan fingerprint density at radius 1 is 1.19 bits per heavy atom. The van der Waals surface area contributed by atoms with Crippen LogP contribution in [0.3, 0.4) is 0 Å². The van der Waals surface area contributed by atoms with Gasteiger partial charge in [-0.25, -0.2) is 4.39 Å². The van der Waals surface area contributed by atoms with Gasteiger partial charge in [0.05, 0.1) is 17.7 Å². The molecule has 144 valence electrons. The molecule has 2 aromatic rings. The van der Waals surface area contributed by atoms with Gasteiger partial charge < -0.3 is 15.0 Å². The zero-order valence-electron chi connectivity index (χ0n) is 14.9. The summed E-state index contributed by atoms with van der Waals surface area (Å²) in [6.45, 7) is 0.447. The highest BCUT2D eigenvalue weighted by Crippen LogP contribution is 2.24. The van der Waals surface area contributed by atoms with Crippen molar-refractivity contribution in [2.45, 2.75) is 13.0 Å². The lowest BCUT2D eigenvalue weighted by atomic mass is 10.2. The number of halogens is 3. The van der Waals surface area contributed by atoms with Gasteiger partial charge in [0.15, 0.2) is 0 Å². The predicted molar refractivity (Wildman–Crippen MR) is 103 cm³/mol. The third kappa shape index (κ3) is 5.84. The second-order valence-electron chi connectivity index (χ2n) is 5.84. The maximum atomic E-state index is 13.0. The fourth-order valence-electron chi connectivity index (χ4n) is 2.46. The molecule has 0 atom stereocenters. The maximum Gasteiger partial charge on any atom is 0.252 e. The molecule has 0 saturated heterocycles. The summed E-state index contributed by atoms with van der Waals surface area (Å²) in [5.41, 5.74) is 0.936. The molecule has 0 spiro atoms. The van der Waals surface area contributed by atoms with E-state index in [1.807, 2.05) is 0 Å². The zero-order valence-corrected chi connectivity index (χ0v) is 16.4. The van der Waals surface area contributed by atoms with Crippen LogP contribution in [0.25, 0.3) is 0 Å². The monoisotopic (exact) mass is 412 g/mol. The van der Waals surface area contributed by atoms with E-state index < -0.39 is 11.7 Å². The van der Waals surface area contributed by atoms with Gasteiger partial charge in [0.25, 0.3) is 5.91 Å². The molecule has 2 amide bonds. The van der Waals surface area contributed by atoms with Gasteiger partial charge in [0, 0.05) is 37.1 Å². The Hall–Kier alpha value is -2.31. The van der Waals surface area contributed by atoms with Crippen LogP contribution in [0.5, 0.6) is 5.75 Å². The summed E-state index contributed by atoms with van der Waals surface area (Å²) in [4.78, 5) is 25.9. The number of benzene rings is 2. The van der Waals surface area contributed by atoms with Crippen LogP contribution in [0.4, 0.5) is 4.39 Å². The highest BCUT2D eigenvalue weighted by Gasteiger charge is 2.14. The highest BCUT2D eigenvalue weighted by molar-refractivity contribution is 6.33. The number of methoxy groups -OCH3 is 1. The van der Waals surface area contributed by atoms with Crippen LogP contribution < -0.4 is 10.1 Å². The third-order valence-corrected chi connectivity index (χ3v) is 4.42. The molecular weight excluding hydrogens is 394 g/mol. The van der Waals surface area contributed by atoms with E-state index in [9.17, 15) is 14.0 Å². The Labute approximate surface area is 167 Å². The molecular formula is C19H19Cl2FN2O3. The van der Waals surface area contributed by atoms with Gasteiger partial charge in [-0.3, -0.25) is 9.59 Å². The first-order valence-corrected chi connectivity index (χ1v) is 8.87. The molecule has 5 nitrogen and oxygen atoms in total. The Kier molecular flexibility index (Phi) is 7.45. The summed E-state index contributed by atoms with van der Waals surface area (Å²) in [5.74, 6) is -0.516. The van der Waals surface area contributed by atoms with Crippen LogP contribution in [-0.4, -0.2) is 37.4 Å². The van der Waals surface area contributed by atoms with E-state index in [-0.39, 0.29) is 29.5 Å². The minimum absolute atomic E-state index is 0.0176. The highest BCUT2D eigenvalue weighted by atomic mass is 35.5. The molecule has 0 fully saturated rings. The molecule has 1 N–H and O–H groups in total. The summed E-state index contributed by atoms with van der Waals surface area (Å²) in [5, 5.41) is 3.17. The van der Waals surface area contributed by atoms with E-state index in [4.69, 9.17) is 27.9 Å². The minimum atomic E-state index is -0.523. The second kappa shape index (κ2) is 9.58. The van der Waals surface area contributed by atoms with Crippen molar-refractivity contribution in [3.8, 4) is 5.75 Å². The zero-order chi connectivity index (χ0) is 20.0. The summed E-state index contributed by atoms with van der Waals surface area (Å²) >= 11 is 11.8. The third-order valence-electron chi connectivity index (χ3n) is 3.88. The second-order valence-corrected chi connectivity index (χ2v) is 6.68. The lowest BCUT2D eigenvalue weighted by Crippen LogP contribution is -2.32. The van der Waals surface area contributed by atoms with Crippen LogP contribution in [0.2, 0.25) is 10.0 Å². The van der Waals surface area contributed by atoms with Crippen molar-refractivity contribution in [2.24, 2.45) is 0 Å². The molecule has 0 aliphatic heterocycles. The number of carbonyl (C=O) groups is 2. The Balaban J connectivity index is 1.88. The number of nitrogens with zero attached hydrogens (tertiary/aromatic N) is 1. The number of hydrogen-bond acceptors (Lipinski definition) is 3. The molecule has 0 radical (unpaired) electrons. The first-order valence-electron chi connectivity index (χ1n) is 8.11. The van der Waals surface area contributed by atoms with Crippen molar-refractivity contribution in [1.82, 2.24) is 10.2 Å². The van der Waals surface area contributed by atoms with Crippen molar-refractivity contribution in [2.75, 3.05) is 20.7 Å². The number of carbonyl (C=O) groups excluding carboxylic acids is 2. The first-order chi connectivity index (χ1) is 12.8. The normalized spacial score (nSPS) is 10.4. The van der Waals surface area contributed by atoms with E-state index in [0.717, 1.165) is 17.7 Å². The van der Waals surface area contributed by atoms with Crippen molar-refractivity contribution >= 4 is 35.0 Å². The Bertz CT molecular complexity index is 846. The van der Waals surface area contributed by atoms with Crippen molar-refractivity contribution in [3.63, 3.8) is 0 Å². The number of nitrogens with one attached hydrogen (secondary N) is 1. The van der Waals surface area contributed by atoms with E-state index in [2.05, 4.69) is 5.32 Å². The summed E-state index contributed by atoms with van der Waals surface area (Å²) in [7, 11) is 3.20. The van der Waals surface area contributed by atoms with Crippen LogP contribution >= 0.6 is 23.2 Å². The van der Waals surface area contributed by atoms with E-state index in [0.29, 0.717) is 17.3 Å². The Morgan fingerprint density at radius 3 is 2.59 bits per heavy atom. The molecule has 2 rings (SSSR count). The lowest BCUT2D eigenvalue weighted by Gasteiger charge is -2.19. The van der Waals surface area contributed by atoms with E-state index >= 15 is 0 Å². The fourth-order valence-corrected chi connectivity index (χ4v) is 2.90. The average Bonchev–Trinajstić information content (AvgIpc) is 2.61. The van der Waals surface area contributed by atoms with Gasteiger partial charge in [0.1, 0.15) is 11.6 Å². The van der Waals surface area contributed by atoms with Gasteiger partial charge in [-0.05, 0) is 36.4 Å². The first kappa shape index (κ1) is 21.0. The number of ether oxygens (including phenoxy) is 1. The van der Waals surface area contributed by atoms with Gasteiger partial charge in [-0.15, -0.1) is 0 Å². The quantitative estimate of drug-likeness (QED) is 0.749. The molecule has 2 aromatic carbocycles. The Morgan fingerprint density at radius 2 is 1.93 bits per heavy atom. The number of amides is 2. The average molecular weight is 413 g/mol. The van der Waals surface area contributed by atoms with Crippen LogP contribution in [0.15, 0.2) is 36.4 Å². The van der Waals surface area contributed by atoms with Gasteiger partial charge >= 0.3 is 0 Å². The SMILES string of the molecule is COc1ccc(Cl)cc1CN(C)C(=O)CCNC(=O)c1ccc(F)cc1Cl. The van der Waals surface area contributed by atoms with Crippen molar-refractivity contribution in [3.05, 3.63) is 63.4 Å². The molecule has 0 saturated carbocycles. The summed E-state index contributed by atoms with van der Waals surface area (Å²) < 4.78 is 18.3. The summed E-state index contributed by atoms with van der Waals surface area (Å²) in [6.07, 6.45) is 0.101. The van der Waals surface area contributed by atoms with Crippen molar-refractivity contribution < 1.29 is 18.7 Å². The molecule has 8 heteroatoms. The molecule has 0 unspecified atom stereocenters. The van der Waals surface area contributed by atoms with Gasteiger partial charge in [0.2, 0.25) is 5.91 Å². The number of rotatable bonds is 7. The summed E-state index contributed by atoms with van der Waals surface area (Å²) in [6, 6.07) is 8.70. The molecule has 0 bridgehead atoms. The number of hydrogen-bond donors (Lipinski definition) is 1. The fraction of sp³-hybridized carbons (Fsp3) is 0.263. The molecule has 0 aromatic heterocycles. The van der Waals surface area contributed by atoms with E-state index in [1.165, 1.54) is 11.0 Å². The standard InChI is InChI=1S/C19H19Cl2FN2O3/c1-24(11-12-9-13(20)3-6-17(12)27-2)18(25)7-8-23-19(26)15-5-4-14(22)10-16(15)21/h3-6,9-10H,7-8,11H2,1-2H3,(H,23,26). The largest absolute Gasteiger partial charge is 0.496 e. The smallest absolute Gasteiger partial charge is 0.252 e. The molecule has 0 heterocycles. The lowest BCUT2D eigenvalue weighted by molar-refractivity contribution is -0.130. The van der Waals surface area contributed by atoms with Crippen LogP contribution in [-0.2, 0) is 11.3 Å².